The van der Waals surface area contributed by atoms with Crippen LogP contribution in [0.25, 0.3) is 0 Å². The molecule has 0 bridgehead atoms. The van der Waals surface area contributed by atoms with Gasteiger partial charge >= 0.3 is 6.29 Å². The van der Waals surface area contributed by atoms with E-state index in [0.29, 0.717) is 6.54 Å². The normalized spacial score (nSPS) is 22.1. The molecule has 1 N–H and O–H groups in total. The topological polar surface area (TPSA) is 33.7 Å². The molecule has 0 saturated carbocycles. The molecule has 2 heterocycles. The molecular formula is C12H14F2N2O2. The molecule has 0 aromatic heterocycles. The molecule has 98 valence electrons. The van der Waals surface area contributed by atoms with E-state index in [-0.39, 0.29) is 11.5 Å². The lowest BCUT2D eigenvalue weighted by atomic mass is 10.1. The van der Waals surface area contributed by atoms with Crippen LogP contribution in [-0.2, 0) is 6.54 Å². The van der Waals surface area contributed by atoms with Crippen molar-refractivity contribution in [2.75, 3.05) is 26.2 Å². The molecule has 0 spiro atoms. The molecule has 0 amide bonds. The zero-order chi connectivity index (χ0) is 12.6. The first-order valence-corrected chi connectivity index (χ1v) is 5.95. The molecule has 6 heteroatoms. The summed E-state index contributed by atoms with van der Waals surface area (Å²) >= 11 is 0. The number of halogens is 2. The quantitative estimate of drug-likeness (QED) is 0.867. The molecule has 4 nitrogen and oxygen atoms in total. The van der Waals surface area contributed by atoms with E-state index in [0.717, 1.165) is 31.7 Å². The van der Waals surface area contributed by atoms with E-state index >= 15 is 0 Å². The summed E-state index contributed by atoms with van der Waals surface area (Å²) < 4.78 is 35.1. The molecule has 1 saturated heterocycles. The van der Waals surface area contributed by atoms with Crippen molar-refractivity contribution in [2.45, 2.75) is 12.8 Å². The Morgan fingerprint density at radius 1 is 1.22 bits per heavy atom. The van der Waals surface area contributed by atoms with Crippen molar-refractivity contribution in [3.8, 4) is 11.5 Å². The van der Waals surface area contributed by atoms with Crippen molar-refractivity contribution in [3.05, 3.63) is 23.8 Å². The van der Waals surface area contributed by atoms with Gasteiger partial charge in [-0.1, -0.05) is 12.1 Å². The second-order valence-corrected chi connectivity index (χ2v) is 4.44. The minimum atomic E-state index is -3.54. The minimum absolute atomic E-state index is 0.118. The molecule has 2 aliphatic heterocycles. The van der Waals surface area contributed by atoms with Gasteiger partial charge < -0.3 is 14.8 Å². The summed E-state index contributed by atoms with van der Waals surface area (Å²) in [5, 5.41) is 3.25. The molecule has 0 aliphatic carbocycles. The second-order valence-electron chi connectivity index (χ2n) is 4.44. The van der Waals surface area contributed by atoms with Gasteiger partial charge in [0.05, 0.1) is 0 Å². The monoisotopic (exact) mass is 256 g/mol. The summed E-state index contributed by atoms with van der Waals surface area (Å²) in [6, 6.07) is 5.00. The Labute approximate surface area is 103 Å². The van der Waals surface area contributed by atoms with Gasteiger partial charge in [0.1, 0.15) is 0 Å². The largest absolute Gasteiger partial charge is 0.586 e. The van der Waals surface area contributed by atoms with Crippen molar-refractivity contribution < 1.29 is 18.3 Å². The van der Waals surface area contributed by atoms with Crippen LogP contribution in [0, 0.1) is 0 Å². The van der Waals surface area contributed by atoms with Crippen molar-refractivity contribution in [3.63, 3.8) is 0 Å². The molecular weight excluding hydrogens is 242 g/mol. The van der Waals surface area contributed by atoms with Gasteiger partial charge in [-0.05, 0) is 6.07 Å². The predicted molar refractivity (Wildman–Crippen MR) is 60.8 cm³/mol. The van der Waals surface area contributed by atoms with E-state index in [4.69, 9.17) is 0 Å². The van der Waals surface area contributed by atoms with E-state index in [9.17, 15) is 8.78 Å². The maximum absolute atomic E-state index is 13.0. The number of nitrogens with zero attached hydrogens (tertiary/aromatic N) is 1. The highest BCUT2D eigenvalue weighted by molar-refractivity contribution is 5.48. The fraction of sp³-hybridized carbons (Fsp3) is 0.500. The fourth-order valence-corrected chi connectivity index (χ4v) is 2.26. The van der Waals surface area contributed by atoms with E-state index < -0.39 is 6.29 Å². The number of benzene rings is 1. The van der Waals surface area contributed by atoms with Crippen LogP contribution in [0.1, 0.15) is 5.56 Å². The van der Waals surface area contributed by atoms with Crippen LogP contribution in [0.4, 0.5) is 8.78 Å². The number of fused-ring (bicyclic) bond motifs is 1. The Balaban J connectivity index is 1.79. The summed E-state index contributed by atoms with van der Waals surface area (Å²) in [5.74, 6) is 0.286. The number of ether oxygens (including phenoxy) is 2. The number of hydrogen-bond acceptors (Lipinski definition) is 4. The van der Waals surface area contributed by atoms with Crippen molar-refractivity contribution in [1.29, 1.82) is 0 Å². The Kier molecular flexibility index (Phi) is 2.83. The SMILES string of the molecule is FC1(F)Oc2cccc(CN3CCNCC3)c2O1. The number of rotatable bonds is 2. The number of alkyl halides is 2. The van der Waals surface area contributed by atoms with Gasteiger partial charge in [-0.25, -0.2) is 0 Å². The summed E-state index contributed by atoms with van der Waals surface area (Å²) in [5.41, 5.74) is 0.742. The molecule has 1 fully saturated rings. The zero-order valence-electron chi connectivity index (χ0n) is 9.79. The Hall–Kier alpha value is -1.40. The smallest absolute Gasteiger partial charge is 0.395 e. The Morgan fingerprint density at radius 2 is 2.00 bits per heavy atom. The lowest BCUT2D eigenvalue weighted by Crippen LogP contribution is -2.42. The molecule has 0 radical (unpaired) electrons. The number of piperazine rings is 1. The first-order chi connectivity index (χ1) is 8.64. The first kappa shape index (κ1) is 11.7. The third-order valence-electron chi connectivity index (χ3n) is 3.11. The Morgan fingerprint density at radius 3 is 2.78 bits per heavy atom. The molecule has 0 atom stereocenters. The predicted octanol–water partition coefficient (Wildman–Crippen LogP) is 1.41. The number of para-hydroxylation sites is 1. The summed E-state index contributed by atoms with van der Waals surface area (Å²) in [6.07, 6.45) is -3.54. The van der Waals surface area contributed by atoms with Crippen LogP contribution < -0.4 is 14.8 Å². The third-order valence-corrected chi connectivity index (χ3v) is 3.11. The van der Waals surface area contributed by atoms with Gasteiger partial charge in [0.15, 0.2) is 11.5 Å². The number of hydrogen-bond donors (Lipinski definition) is 1. The standard InChI is InChI=1S/C12H14F2N2O2/c13-12(14)17-10-3-1-2-9(11(10)18-12)8-16-6-4-15-5-7-16/h1-3,15H,4-8H2. The highest BCUT2D eigenvalue weighted by Crippen LogP contribution is 2.43. The molecule has 1 aromatic carbocycles. The highest BCUT2D eigenvalue weighted by Gasteiger charge is 2.44. The summed E-state index contributed by atoms with van der Waals surface area (Å²) in [6.45, 7) is 4.25. The average Bonchev–Trinajstić information content (AvgIpc) is 2.66. The maximum Gasteiger partial charge on any atom is 0.586 e. The average molecular weight is 256 g/mol. The van der Waals surface area contributed by atoms with Gasteiger partial charge in [-0.2, -0.15) is 0 Å². The molecule has 2 aliphatic rings. The van der Waals surface area contributed by atoms with Crippen LogP contribution in [0.15, 0.2) is 18.2 Å². The van der Waals surface area contributed by atoms with Gasteiger partial charge in [-0.3, -0.25) is 4.90 Å². The van der Waals surface area contributed by atoms with Gasteiger partial charge in [-0.15, -0.1) is 8.78 Å². The first-order valence-electron chi connectivity index (χ1n) is 5.95. The fourth-order valence-electron chi connectivity index (χ4n) is 2.26. The van der Waals surface area contributed by atoms with Gasteiger partial charge in [0.2, 0.25) is 0 Å². The van der Waals surface area contributed by atoms with Crippen LogP contribution in [0.3, 0.4) is 0 Å². The molecule has 18 heavy (non-hydrogen) atoms. The summed E-state index contributed by atoms with van der Waals surface area (Å²) in [4.78, 5) is 2.20. The van der Waals surface area contributed by atoms with Crippen molar-refractivity contribution in [2.24, 2.45) is 0 Å². The molecule has 0 unspecified atom stereocenters. The lowest BCUT2D eigenvalue weighted by Gasteiger charge is -2.27. The van der Waals surface area contributed by atoms with E-state index in [1.807, 2.05) is 0 Å². The molecule has 1 aromatic rings. The number of nitrogens with one attached hydrogen (secondary N) is 1. The molecule has 3 rings (SSSR count). The van der Waals surface area contributed by atoms with Crippen molar-refractivity contribution >= 4 is 0 Å². The van der Waals surface area contributed by atoms with Gasteiger partial charge in [0, 0.05) is 38.3 Å². The van der Waals surface area contributed by atoms with Gasteiger partial charge in [0.25, 0.3) is 0 Å². The Bertz CT molecular complexity index is 448. The van der Waals surface area contributed by atoms with Crippen LogP contribution in [-0.4, -0.2) is 37.4 Å². The van der Waals surface area contributed by atoms with E-state index in [2.05, 4.69) is 19.7 Å². The minimum Gasteiger partial charge on any atom is -0.395 e. The van der Waals surface area contributed by atoms with Crippen LogP contribution in [0.2, 0.25) is 0 Å². The highest BCUT2D eigenvalue weighted by atomic mass is 19.3. The maximum atomic E-state index is 13.0. The van der Waals surface area contributed by atoms with Crippen molar-refractivity contribution in [1.82, 2.24) is 10.2 Å². The lowest BCUT2D eigenvalue weighted by molar-refractivity contribution is -0.287. The van der Waals surface area contributed by atoms with Crippen LogP contribution >= 0.6 is 0 Å². The van der Waals surface area contributed by atoms with Crippen LogP contribution in [0.5, 0.6) is 11.5 Å². The van der Waals surface area contributed by atoms with E-state index in [1.165, 1.54) is 6.07 Å². The second kappa shape index (κ2) is 4.37. The zero-order valence-corrected chi connectivity index (χ0v) is 9.79. The van der Waals surface area contributed by atoms with E-state index in [1.54, 1.807) is 12.1 Å². The summed E-state index contributed by atoms with van der Waals surface area (Å²) in [7, 11) is 0. The third kappa shape index (κ3) is 2.26.